The standard InChI is InChI=1S/C16H11ClFN3O2S/c17-10-7-9(3-4-11(10)18)14(22)19-12-5-6-24-13(12)16-21-20-15(23-16)8-1-2-8/h3-8H,1-2H2,(H,19,22). The lowest BCUT2D eigenvalue weighted by Gasteiger charge is -2.05. The Morgan fingerprint density at radius 2 is 2.17 bits per heavy atom. The maximum Gasteiger partial charge on any atom is 0.259 e. The first-order chi connectivity index (χ1) is 11.6. The van der Waals surface area contributed by atoms with Gasteiger partial charge in [0.15, 0.2) is 0 Å². The van der Waals surface area contributed by atoms with Crippen LogP contribution in [0, 0.1) is 5.82 Å². The van der Waals surface area contributed by atoms with E-state index in [0.29, 0.717) is 28.3 Å². The molecule has 0 saturated heterocycles. The van der Waals surface area contributed by atoms with E-state index in [1.807, 2.05) is 5.38 Å². The molecule has 4 rings (SSSR count). The molecule has 0 bridgehead atoms. The number of amides is 1. The molecule has 0 aliphatic heterocycles. The van der Waals surface area contributed by atoms with E-state index in [1.54, 1.807) is 6.07 Å². The maximum absolute atomic E-state index is 13.2. The van der Waals surface area contributed by atoms with Crippen molar-refractivity contribution in [2.24, 2.45) is 0 Å². The highest BCUT2D eigenvalue weighted by molar-refractivity contribution is 7.14. The average molecular weight is 364 g/mol. The first-order valence-electron chi connectivity index (χ1n) is 7.29. The Hall–Kier alpha value is -2.25. The van der Waals surface area contributed by atoms with Crippen LogP contribution in [-0.4, -0.2) is 16.1 Å². The third kappa shape index (κ3) is 2.92. The second-order valence-corrected chi connectivity index (χ2v) is 6.79. The zero-order valence-electron chi connectivity index (χ0n) is 12.3. The predicted molar refractivity (Wildman–Crippen MR) is 88.9 cm³/mol. The summed E-state index contributed by atoms with van der Waals surface area (Å²) in [6.45, 7) is 0. The number of nitrogens with zero attached hydrogens (tertiary/aromatic N) is 2. The lowest BCUT2D eigenvalue weighted by Crippen LogP contribution is -2.12. The van der Waals surface area contributed by atoms with Crippen LogP contribution in [0.15, 0.2) is 34.1 Å². The molecule has 1 aromatic carbocycles. The number of halogens is 2. The van der Waals surface area contributed by atoms with Gasteiger partial charge in [0, 0.05) is 11.5 Å². The highest BCUT2D eigenvalue weighted by Crippen LogP contribution is 2.41. The average Bonchev–Trinajstić information content (AvgIpc) is 3.12. The summed E-state index contributed by atoms with van der Waals surface area (Å²) in [5.41, 5.74) is 0.833. The van der Waals surface area contributed by atoms with Crippen LogP contribution in [0.5, 0.6) is 0 Å². The molecule has 0 unspecified atom stereocenters. The smallest absolute Gasteiger partial charge is 0.259 e. The second kappa shape index (κ2) is 5.99. The van der Waals surface area contributed by atoms with Crippen molar-refractivity contribution in [1.29, 1.82) is 0 Å². The number of aromatic nitrogens is 2. The molecule has 0 radical (unpaired) electrons. The van der Waals surface area contributed by atoms with Gasteiger partial charge < -0.3 is 9.73 Å². The quantitative estimate of drug-likeness (QED) is 0.728. The Morgan fingerprint density at radius 1 is 1.33 bits per heavy atom. The highest BCUT2D eigenvalue weighted by atomic mass is 35.5. The van der Waals surface area contributed by atoms with Gasteiger partial charge in [-0.25, -0.2) is 4.39 Å². The van der Waals surface area contributed by atoms with E-state index in [0.717, 1.165) is 18.9 Å². The predicted octanol–water partition coefficient (Wildman–Crippen LogP) is 4.72. The van der Waals surface area contributed by atoms with E-state index in [1.165, 1.54) is 23.5 Å². The van der Waals surface area contributed by atoms with Crippen LogP contribution in [0.25, 0.3) is 10.8 Å². The number of nitrogens with one attached hydrogen (secondary N) is 1. The van der Waals surface area contributed by atoms with Crippen molar-refractivity contribution < 1.29 is 13.6 Å². The van der Waals surface area contributed by atoms with Crippen molar-refractivity contribution in [2.45, 2.75) is 18.8 Å². The van der Waals surface area contributed by atoms with E-state index in [9.17, 15) is 9.18 Å². The lowest BCUT2D eigenvalue weighted by atomic mass is 10.2. The molecular weight excluding hydrogens is 353 g/mol. The molecule has 1 aliphatic rings. The molecule has 1 aliphatic carbocycles. The molecule has 8 heteroatoms. The first kappa shape index (κ1) is 15.3. The Morgan fingerprint density at radius 3 is 2.92 bits per heavy atom. The first-order valence-corrected chi connectivity index (χ1v) is 8.55. The lowest BCUT2D eigenvalue weighted by molar-refractivity contribution is 0.102. The summed E-state index contributed by atoms with van der Waals surface area (Å²) in [6.07, 6.45) is 2.14. The second-order valence-electron chi connectivity index (χ2n) is 5.47. The van der Waals surface area contributed by atoms with E-state index < -0.39 is 11.7 Å². The van der Waals surface area contributed by atoms with Crippen LogP contribution >= 0.6 is 22.9 Å². The third-order valence-corrected chi connectivity index (χ3v) is 4.85. The number of thiophene rings is 1. The number of hydrogen-bond acceptors (Lipinski definition) is 5. The minimum Gasteiger partial charge on any atom is -0.420 e. The number of carbonyl (C=O) groups is 1. The topological polar surface area (TPSA) is 68.0 Å². The Kier molecular flexibility index (Phi) is 3.82. The van der Waals surface area contributed by atoms with Crippen LogP contribution in [-0.2, 0) is 0 Å². The van der Waals surface area contributed by atoms with Crippen molar-refractivity contribution in [1.82, 2.24) is 10.2 Å². The van der Waals surface area contributed by atoms with Crippen LogP contribution in [0.1, 0.15) is 35.0 Å². The van der Waals surface area contributed by atoms with Gasteiger partial charge in [0.2, 0.25) is 5.89 Å². The summed E-state index contributed by atoms with van der Waals surface area (Å²) in [5.74, 6) is 0.437. The van der Waals surface area contributed by atoms with Crippen molar-refractivity contribution in [2.75, 3.05) is 5.32 Å². The summed E-state index contributed by atoms with van der Waals surface area (Å²) in [5, 5.41) is 12.6. The molecule has 5 nitrogen and oxygen atoms in total. The maximum atomic E-state index is 13.2. The van der Waals surface area contributed by atoms with Gasteiger partial charge in [-0.3, -0.25) is 4.79 Å². The molecule has 0 atom stereocenters. The van der Waals surface area contributed by atoms with E-state index in [4.69, 9.17) is 16.0 Å². The highest BCUT2D eigenvalue weighted by Gasteiger charge is 2.30. The van der Waals surface area contributed by atoms with Gasteiger partial charge >= 0.3 is 0 Å². The van der Waals surface area contributed by atoms with Crippen LogP contribution in [0.3, 0.4) is 0 Å². The van der Waals surface area contributed by atoms with Crippen molar-refractivity contribution in [3.63, 3.8) is 0 Å². The Balaban J connectivity index is 1.57. The number of hydrogen-bond donors (Lipinski definition) is 1. The molecule has 1 saturated carbocycles. The zero-order chi connectivity index (χ0) is 16.7. The largest absolute Gasteiger partial charge is 0.420 e. The minimum atomic E-state index is -0.567. The summed E-state index contributed by atoms with van der Waals surface area (Å²) in [6, 6.07) is 5.58. The van der Waals surface area contributed by atoms with Crippen molar-refractivity contribution in [3.8, 4) is 10.8 Å². The number of benzene rings is 1. The number of anilines is 1. The normalized spacial score (nSPS) is 13.9. The van der Waals surface area contributed by atoms with Crippen LogP contribution in [0.2, 0.25) is 5.02 Å². The molecular formula is C16H11ClFN3O2S. The van der Waals surface area contributed by atoms with Crippen molar-refractivity contribution >= 4 is 34.5 Å². The van der Waals surface area contributed by atoms with Crippen LogP contribution in [0.4, 0.5) is 10.1 Å². The summed E-state index contributed by atoms with van der Waals surface area (Å²) >= 11 is 7.11. The summed E-state index contributed by atoms with van der Waals surface area (Å²) < 4.78 is 18.9. The Bertz CT molecular complexity index is 920. The van der Waals surface area contributed by atoms with E-state index >= 15 is 0 Å². The molecule has 2 aromatic heterocycles. The molecule has 122 valence electrons. The molecule has 1 N–H and O–H groups in total. The summed E-state index contributed by atoms with van der Waals surface area (Å²) in [7, 11) is 0. The molecule has 24 heavy (non-hydrogen) atoms. The van der Waals surface area contributed by atoms with Gasteiger partial charge in [-0.2, -0.15) is 0 Å². The van der Waals surface area contributed by atoms with Crippen LogP contribution < -0.4 is 5.32 Å². The molecule has 3 aromatic rings. The molecule has 2 heterocycles. The molecule has 1 fully saturated rings. The van der Waals surface area contributed by atoms with Gasteiger partial charge in [0.25, 0.3) is 11.8 Å². The van der Waals surface area contributed by atoms with Gasteiger partial charge in [-0.1, -0.05) is 11.6 Å². The zero-order valence-corrected chi connectivity index (χ0v) is 13.8. The van der Waals surface area contributed by atoms with Gasteiger partial charge in [-0.15, -0.1) is 21.5 Å². The van der Waals surface area contributed by atoms with E-state index in [2.05, 4.69) is 15.5 Å². The summed E-state index contributed by atoms with van der Waals surface area (Å²) in [4.78, 5) is 13.0. The van der Waals surface area contributed by atoms with Gasteiger partial charge in [0.1, 0.15) is 10.7 Å². The minimum absolute atomic E-state index is 0.0980. The van der Waals surface area contributed by atoms with E-state index in [-0.39, 0.29) is 10.6 Å². The van der Waals surface area contributed by atoms with Gasteiger partial charge in [-0.05, 0) is 42.5 Å². The number of carbonyl (C=O) groups excluding carboxylic acids is 1. The SMILES string of the molecule is O=C(Nc1ccsc1-c1nnc(C2CC2)o1)c1ccc(F)c(Cl)c1. The van der Waals surface area contributed by atoms with Gasteiger partial charge in [0.05, 0.1) is 10.7 Å². The Labute approximate surface area is 145 Å². The monoisotopic (exact) mass is 363 g/mol. The fourth-order valence-corrected chi connectivity index (χ4v) is 3.18. The van der Waals surface area contributed by atoms with Crippen molar-refractivity contribution in [3.05, 3.63) is 51.9 Å². The fourth-order valence-electron chi connectivity index (χ4n) is 2.23. The third-order valence-electron chi connectivity index (χ3n) is 3.66. The number of rotatable bonds is 4. The molecule has 1 amide bonds. The fraction of sp³-hybridized carbons (Fsp3) is 0.188. The molecule has 0 spiro atoms.